The van der Waals surface area contributed by atoms with Gasteiger partial charge in [-0.2, -0.15) is 0 Å². The fraction of sp³-hybridized carbons (Fsp3) is 0.529. The van der Waals surface area contributed by atoms with Crippen LogP contribution in [-0.4, -0.2) is 40.4 Å². The van der Waals surface area contributed by atoms with Crippen molar-refractivity contribution in [2.24, 2.45) is 0 Å². The van der Waals surface area contributed by atoms with Gasteiger partial charge in [-0.25, -0.2) is 0 Å². The summed E-state index contributed by atoms with van der Waals surface area (Å²) in [7, 11) is 0. The van der Waals surface area contributed by atoms with Crippen LogP contribution in [-0.2, 0) is 6.54 Å². The number of H-pyrrole nitrogens is 1. The first-order chi connectivity index (χ1) is 11.6. The molecule has 1 aromatic carbocycles. The number of benzene rings is 1. The highest BCUT2D eigenvalue weighted by Gasteiger charge is 2.19. The maximum atomic E-state index is 12.9. The van der Waals surface area contributed by atoms with Crippen molar-refractivity contribution in [2.45, 2.75) is 38.8 Å². The van der Waals surface area contributed by atoms with Crippen LogP contribution in [0.3, 0.4) is 0 Å². The molecule has 2 aromatic rings. The SMILES string of the molecule is C[C@H]1CCCCN1CCn1c(=S)[nH]c2cc3c(cc2c1=O)OCO3. The van der Waals surface area contributed by atoms with Gasteiger partial charge in [0.05, 0.1) is 10.9 Å². The van der Waals surface area contributed by atoms with Gasteiger partial charge >= 0.3 is 0 Å². The first-order valence-electron chi connectivity index (χ1n) is 8.44. The lowest BCUT2D eigenvalue weighted by molar-refractivity contribution is 0.154. The van der Waals surface area contributed by atoms with Crippen LogP contribution in [0.25, 0.3) is 10.9 Å². The summed E-state index contributed by atoms with van der Waals surface area (Å²) in [6.07, 6.45) is 3.75. The minimum Gasteiger partial charge on any atom is -0.454 e. The van der Waals surface area contributed by atoms with Gasteiger partial charge in [0.2, 0.25) is 6.79 Å². The number of nitrogens with one attached hydrogen (secondary N) is 1. The summed E-state index contributed by atoms with van der Waals surface area (Å²) in [5.41, 5.74) is 0.619. The Bertz CT molecular complexity index is 889. The maximum absolute atomic E-state index is 12.9. The smallest absolute Gasteiger partial charge is 0.262 e. The highest BCUT2D eigenvalue weighted by Crippen LogP contribution is 2.34. The zero-order chi connectivity index (χ0) is 16.7. The molecular formula is C17H21N3O3S. The van der Waals surface area contributed by atoms with Crippen LogP contribution in [0.1, 0.15) is 26.2 Å². The Labute approximate surface area is 145 Å². The molecule has 6 nitrogen and oxygen atoms in total. The number of aromatic amines is 1. The van der Waals surface area contributed by atoms with E-state index in [0.29, 0.717) is 39.8 Å². The number of fused-ring (bicyclic) bond motifs is 2. The lowest BCUT2D eigenvalue weighted by Gasteiger charge is -2.33. The average molecular weight is 347 g/mol. The van der Waals surface area contributed by atoms with Gasteiger partial charge < -0.3 is 14.5 Å². The van der Waals surface area contributed by atoms with Crippen LogP contribution in [0.2, 0.25) is 0 Å². The van der Waals surface area contributed by atoms with Crippen molar-refractivity contribution in [3.8, 4) is 11.5 Å². The summed E-state index contributed by atoms with van der Waals surface area (Å²) in [6.45, 7) is 4.98. The van der Waals surface area contributed by atoms with Gasteiger partial charge in [-0.3, -0.25) is 14.3 Å². The molecule has 1 saturated heterocycles. The van der Waals surface area contributed by atoms with E-state index < -0.39 is 0 Å². The van der Waals surface area contributed by atoms with Gasteiger partial charge in [-0.15, -0.1) is 0 Å². The molecule has 2 aliphatic heterocycles. The predicted molar refractivity (Wildman–Crippen MR) is 94.4 cm³/mol. The van der Waals surface area contributed by atoms with E-state index in [2.05, 4.69) is 16.8 Å². The molecule has 24 heavy (non-hydrogen) atoms. The van der Waals surface area contributed by atoms with Gasteiger partial charge in [-0.05, 0) is 44.6 Å². The molecule has 0 radical (unpaired) electrons. The van der Waals surface area contributed by atoms with Gasteiger partial charge in [-0.1, -0.05) is 6.42 Å². The first kappa shape index (κ1) is 15.7. The van der Waals surface area contributed by atoms with Crippen molar-refractivity contribution in [3.63, 3.8) is 0 Å². The fourth-order valence-corrected chi connectivity index (χ4v) is 3.85. The standard InChI is InChI=1S/C17H21N3O3S/c1-11-4-2-3-5-19(11)6-7-20-16(21)12-8-14-15(23-10-22-14)9-13(12)18-17(20)24/h8-9,11H,2-7,10H2,1H3,(H,18,24)/t11-/m0/s1. The number of aromatic nitrogens is 2. The number of nitrogens with zero attached hydrogens (tertiary/aromatic N) is 2. The minimum absolute atomic E-state index is 0.0725. The van der Waals surface area contributed by atoms with Crippen LogP contribution in [0.5, 0.6) is 11.5 Å². The van der Waals surface area contributed by atoms with Gasteiger partial charge in [0.25, 0.3) is 5.56 Å². The number of rotatable bonds is 3. The number of piperidine rings is 1. The molecular weight excluding hydrogens is 326 g/mol. The first-order valence-corrected chi connectivity index (χ1v) is 8.85. The van der Waals surface area contributed by atoms with E-state index in [1.54, 1.807) is 16.7 Å². The molecule has 128 valence electrons. The molecule has 1 fully saturated rings. The number of ether oxygens (including phenoxy) is 2. The van der Waals surface area contributed by atoms with Crippen molar-refractivity contribution in [1.29, 1.82) is 0 Å². The third kappa shape index (κ3) is 2.71. The predicted octanol–water partition coefficient (Wildman–Crippen LogP) is 2.66. The lowest BCUT2D eigenvalue weighted by atomic mass is 10.0. The molecule has 0 bridgehead atoms. The van der Waals surface area contributed by atoms with Crippen molar-refractivity contribution >= 4 is 23.1 Å². The molecule has 1 aromatic heterocycles. The monoisotopic (exact) mass is 347 g/mol. The van der Waals surface area contributed by atoms with E-state index in [4.69, 9.17) is 21.7 Å². The van der Waals surface area contributed by atoms with E-state index in [9.17, 15) is 4.79 Å². The van der Waals surface area contributed by atoms with E-state index in [-0.39, 0.29) is 12.4 Å². The van der Waals surface area contributed by atoms with E-state index >= 15 is 0 Å². The average Bonchev–Trinajstić information content (AvgIpc) is 3.02. The molecule has 0 unspecified atom stereocenters. The Balaban J connectivity index is 1.67. The second-order valence-electron chi connectivity index (χ2n) is 6.52. The molecule has 0 spiro atoms. The lowest BCUT2D eigenvalue weighted by Crippen LogP contribution is -2.40. The molecule has 0 aliphatic carbocycles. The zero-order valence-electron chi connectivity index (χ0n) is 13.7. The third-order valence-corrected chi connectivity index (χ3v) is 5.35. The van der Waals surface area contributed by atoms with Crippen LogP contribution in [0.4, 0.5) is 0 Å². The van der Waals surface area contributed by atoms with Crippen molar-refractivity contribution in [3.05, 3.63) is 27.3 Å². The van der Waals surface area contributed by atoms with Gasteiger partial charge in [0, 0.05) is 25.2 Å². The third-order valence-electron chi connectivity index (χ3n) is 5.03. The Morgan fingerprint density at radius 1 is 1.25 bits per heavy atom. The highest BCUT2D eigenvalue weighted by atomic mass is 32.1. The second-order valence-corrected chi connectivity index (χ2v) is 6.91. The summed E-state index contributed by atoms with van der Waals surface area (Å²) >= 11 is 5.41. The van der Waals surface area contributed by atoms with Crippen LogP contribution in [0.15, 0.2) is 16.9 Å². The molecule has 0 saturated carbocycles. The number of hydrogen-bond donors (Lipinski definition) is 1. The molecule has 7 heteroatoms. The van der Waals surface area contributed by atoms with Crippen LogP contribution < -0.4 is 15.0 Å². The van der Waals surface area contributed by atoms with Crippen molar-refractivity contribution in [2.75, 3.05) is 19.9 Å². The molecule has 4 rings (SSSR count). The maximum Gasteiger partial charge on any atom is 0.262 e. The number of hydrogen-bond acceptors (Lipinski definition) is 5. The molecule has 1 atom stereocenters. The quantitative estimate of drug-likeness (QED) is 0.865. The molecule has 3 heterocycles. The zero-order valence-corrected chi connectivity index (χ0v) is 14.5. The number of likely N-dealkylation sites (tertiary alicyclic amines) is 1. The Morgan fingerprint density at radius 2 is 2.04 bits per heavy atom. The van der Waals surface area contributed by atoms with Crippen molar-refractivity contribution in [1.82, 2.24) is 14.5 Å². The van der Waals surface area contributed by atoms with E-state index in [1.807, 2.05) is 0 Å². The topological polar surface area (TPSA) is 59.5 Å². The molecule has 0 amide bonds. The van der Waals surface area contributed by atoms with Crippen LogP contribution >= 0.6 is 12.2 Å². The molecule has 2 aliphatic rings. The fourth-order valence-electron chi connectivity index (χ4n) is 3.56. The Kier molecular flexibility index (Phi) is 4.05. The van der Waals surface area contributed by atoms with Crippen LogP contribution in [0, 0.1) is 4.77 Å². The normalized spacial score (nSPS) is 20.6. The van der Waals surface area contributed by atoms with Gasteiger partial charge in [0.1, 0.15) is 0 Å². The van der Waals surface area contributed by atoms with Gasteiger partial charge in [0.15, 0.2) is 16.3 Å². The largest absolute Gasteiger partial charge is 0.454 e. The highest BCUT2D eigenvalue weighted by molar-refractivity contribution is 7.71. The minimum atomic E-state index is -0.0725. The molecule has 1 N–H and O–H groups in total. The second kappa shape index (κ2) is 6.22. The summed E-state index contributed by atoms with van der Waals surface area (Å²) in [5.74, 6) is 1.26. The Morgan fingerprint density at radius 3 is 2.83 bits per heavy atom. The summed E-state index contributed by atoms with van der Waals surface area (Å²) in [5, 5.41) is 0.583. The van der Waals surface area contributed by atoms with E-state index in [0.717, 1.165) is 13.1 Å². The summed E-state index contributed by atoms with van der Waals surface area (Å²) in [6, 6.07) is 4.10. The summed E-state index contributed by atoms with van der Waals surface area (Å²) in [4.78, 5) is 18.5. The van der Waals surface area contributed by atoms with Crippen molar-refractivity contribution < 1.29 is 9.47 Å². The summed E-state index contributed by atoms with van der Waals surface area (Å²) < 4.78 is 12.9. The van der Waals surface area contributed by atoms with E-state index in [1.165, 1.54) is 19.3 Å². The Hall–Kier alpha value is -1.86.